The minimum absolute atomic E-state index is 0.583. The van der Waals surface area contributed by atoms with E-state index in [1.165, 1.54) is 12.0 Å². The van der Waals surface area contributed by atoms with E-state index >= 15 is 0 Å². The molecule has 0 unspecified atom stereocenters. The molecule has 0 bridgehead atoms. The van der Waals surface area contributed by atoms with Gasteiger partial charge in [-0.05, 0) is 35.9 Å². The van der Waals surface area contributed by atoms with E-state index in [9.17, 15) is 4.57 Å². The zero-order valence-corrected chi connectivity index (χ0v) is 15.0. The zero-order chi connectivity index (χ0) is 16.3. The molecule has 0 N–H and O–H groups in total. The zero-order valence-electron chi connectivity index (χ0n) is 13.3. The fraction of sp³-hybridized carbons (Fsp3) is 0.294. The molecule has 122 valence electrons. The third-order valence-corrected chi connectivity index (χ3v) is 7.56. The summed E-state index contributed by atoms with van der Waals surface area (Å²) < 4.78 is 26.3. The van der Waals surface area contributed by atoms with Gasteiger partial charge in [0.1, 0.15) is 5.75 Å². The molecular weight excluding hydrogens is 329 g/mol. The monoisotopic (exact) mass is 349 g/mol. The van der Waals surface area contributed by atoms with Crippen LogP contribution in [0.5, 0.6) is 5.75 Å². The van der Waals surface area contributed by atoms with Crippen LogP contribution in [0.3, 0.4) is 0 Å². The Morgan fingerprint density at radius 3 is 2.61 bits per heavy atom. The van der Waals surface area contributed by atoms with Crippen LogP contribution < -0.4 is 10.0 Å². The van der Waals surface area contributed by atoms with Crippen molar-refractivity contribution in [3.8, 4) is 5.75 Å². The maximum Gasteiger partial charge on any atom is 0.302 e. The predicted molar refractivity (Wildman–Crippen MR) is 94.8 cm³/mol. The van der Waals surface area contributed by atoms with E-state index in [0.717, 1.165) is 22.4 Å². The first-order valence-electron chi connectivity index (χ1n) is 7.44. The van der Waals surface area contributed by atoms with Crippen LogP contribution in [0.2, 0.25) is 0 Å². The Hall–Kier alpha value is -1.26. The number of hydrogen-bond donors (Lipinski definition) is 0. The topological polar surface area (TPSA) is 38.8 Å². The Morgan fingerprint density at radius 1 is 1.13 bits per heavy atom. The second-order valence-electron chi connectivity index (χ2n) is 5.25. The fourth-order valence-corrected chi connectivity index (χ4v) is 5.87. The van der Waals surface area contributed by atoms with Gasteiger partial charge < -0.3 is 9.26 Å². The Balaban J connectivity index is 1.97. The van der Waals surface area contributed by atoms with Crippen molar-refractivity contribution in [2.45, 2.75) is 11.4 Å². The van der Waals surface area contributed by atoms with Crippen molar-refractivity contribution in [3.63, 3.8) is 0 Å². The molecule has 3 rings (SSSR count). The van der Waals surface area contributed by atoms with Gasteiger partial charge in [-0.15, -0.1) is 11.8 Å². The molecule has 0 aliphatic carbocycles. The number of benzene rings is 2. The van der Waals surface area contributed by atoms with Crippen LogP contribution in [0.1, 0.15) is 5.56 Å². The summed E-state index contributed by atoms with van der Waals surface area (Å²) in [5.41, 5.74) is 1.13. The van der Waals surface area contributed by atoms with E-state index < -0.39 is 7.52 Å². The molecular formula is C17H20NO3PS. The molecule has 1 aliphatic rings. The van der Waals surface area contributed by atoms with Gasteiger partial charge in [0.2, 0.25) is 0 Å². The molecule has 1 heterocycles. The van der Waals surface area contributed by atoms with Gasteiger partial charge in [0.25, 0.3) is 0 Å². The first kappa shape index (κ1) is 16.6. The summed E-state index contributed by atoms with van der Waals surface area (Å²) in [4.78, 5) is 1.21. The summed E-state index contributed by atoms with van der Waals surface area (Å²) in [5, 5.41) is 0.735. The van der Waals surface area contributed by atoms with Crippen molar-refractivity contribution in [1.29, 1.82) is 0 Å². The molecule has 1 aliphatic heterocycles. The first-order valence-corrected chi connectivity index (χ1v) is 10.0. The standard InChI is InChI=1S/C17H20NO3PS/c1-20-15-8-9-17-14(12-15)13-18(10-11-23-17)22(19,21-2)16-6-4-3-5-7-16/h3-9,12H,10-11,13H2,1-2H3/t22-/m0/s1. The molecule has 2 aromatic rings. The molecule has 0 radical (unpaired) electrons. The lowest BCUT2D eigenvalue weighted by Gasteiger charge is -2.29. The van der Waals surface area contributed by atoms with Crippen molar-refractivity contribution in [1.82, 2.24) is 4.67 Å². The van der Waals surface area contributed by atoms with Gasteiger partial charge in [-0.1, -0.05) is 18.2 Å². The maximum absolute atomic E-state index is 13.5. The molecule has 23 heavy (non-hydrogen) atoms. The Morgan fingerprint density at radius 2 is 1.91 bits per heavy atom. The van der Waals surface area contributed by atoms with Gasteiger partial charge in [-0.2, -0.15) is 0 Å². The van der Waals surface area contributed by atoms with E-state index in [0.29, 0.717) is 13.1 Å². The van der Waals surface area contributed by atoms with Crippen LogP contribution in [0.25, 0.3) is 0 Å². The van der Waals surface area contributed by atoms with Crippen molar-refractivity contribution in [2.75, 3.05) is 26.5 Å². The van der Waals surface area contributed by atoms with Crippen LogP contribution in [0.4, 0.5) is 0 Å². The predicted octanol–water partition coefficient (Wildman–Crippen LogP) is 3.77. The number of thioether (sulfide) groups is 1. The van der Waals surface area contributed by atoms with Gasteiger partial charge in [-0.25, -0.2) is 4.67 Å². The number of fused-ring (bicyclic) bond motifs is 1. The highest BCUT2D eigenvalue weighted by molar-refractivity contribution is 7.99. The summed E-state index contributed by atoms with van der Waals surface area (Å²) in [6.07, 6.45) is 0. The van der Waals surface area contributed by atoms with Gasteiger partial charge in [0.15, 0.2) is 0 Å². The van der Waals surface area contributed by atoms with Gasteiger partial charge in [-0.3, -0.25) is 4.57 Å². The molecule has 0 saturated carbocycles. The smallest absolute Gasteiger partial charge is 0.302 e. The second-order valence-corrected chi connectivity index (χ2v) is 8.87. The number of hydrogen-bond acceptors (Lipinski definition) is 4. The Labute approximate surface area is 141 Å². The normalized spacial score (nSPS) is 17.8. The molecule has 0 saturated heterocycles. The van der Waals surface area contributed by atoms with Gasteiger partial charge in [0, 0.05) is 30.8 Å². The first-order chi connectivity index (χ1) is 11.2. The number of methoxy groups -OCH3 is 1. The summed E-state index contributed by atoms with van der Waals surface area (Å²) in [7, 11) is 0.130. The van der Waals surface area contributed by atoms with E-state index in [4.69, 9.17) is 9.26 Å². The third kappa shape index (κ3) is 3.33. The van der Waals surface area contributed by atoms with Crippen molar-refractivity contribution in [3.05, 3.63) is 54.1 Å². The van der Waals surface area contributed by atoms with E-state index in [-0.39, 0.29) is 0 Å². The fourth-order valence-electron chi connectivity index (χ4n) is 2.71. The maximum atomic E-state index is 13.5. The highest BCUT2D eigenvalue weighted by Gasteiger charge is 2.34. The summed E-state index contributed by atoms with van der Waals surface area (Å²) >= 11 is 1.78. The van der Waals surface area contributed by atoms with Crippen LogP contribution in [-0.2, 0) is 15.6 Å². The van der Waals surface area contributed by atoms with Crippen molar-refractivity contribution in [2.24, 2.45) is 0 Å². The third-order valence-electron chi connectivity index (χ3n) is 3.93. The van der Waals surface area contributed by atoms with Crippen LogP contribution in [0.15, 0.2) is 53.4 Å². The molecule has 0 fully saturated rings. The number of nitrogens with zero attached hydrogens (tertiary/aromatic N) is 1. The highest BCUT2D eigenvalue weighted by Crippen LogP contribution is 2.51. The molecule has 4 nitrogen and oxygen atoms in total. The molecule has 2 aromatic carbocycles. The average Bonchev–Trinajstić information content (AvgIpc) is 2.83. The largest absolute Gasteiger partial charge is 0.497 e. The van der Waals surface area contributed by atoms with Crippen LogP contribution in [-0.4, -0.2) is 31.2 Å². The van der Waals surface area contributed by atoms with E-state index in [2.05, 4.69) is 6.07 Å². The Kier molecular flexibility index (Phi) is 5.12. The SMILES string of the molecule is COc1ccc2c(c1)CN([P@@](=O)(OC)c1ccccc1)CCS2. The van der Waals surface area contributed by atoms with Crippen molar-refractivity contribution >= 4 is 24.6 Å². The summed E-state index contributed by atoms with van der Waals surface area (Å²) in [5.74, 6) is 1.69. The lowest BCUT2D eigenvalue weighted by Crippen LogP contribution is -2.28. The van der Waals surface area contributed by atoms with Crippen molar-refractivity contribution < 1.29 is 13.8 Å². The quantitative estimate of drug-likeness (QED) is 0.786. The van der Waals surface area contributed by atoms with E-state index in [1.807, 2.05) is 47.1 Å². The molecule has 0 aromatic heterocycles. The minimum atomic E-state index is -3.06. The number of ether oxygens (including phenoxy) is 1. The van der Waals surface area contributed by atoms with Gasteiger partial charge in [0.05, 0.1) is 12.4 Å². The molecule has 1 atom stereocenters. The Bertz CT molecular complexity index is 723. The molecule has 0 spiro atoms. The molecule has 0 amide bonds. The van der Waals surface area contributed by atoms with E-state index in [1.54, 1.807) is 18.9 Å². The average molecular weight is 349 g/mol. The van der Waals surface area contributed by atoms with Crippen LogP contribution >= 0.6 is 19.3 Å². The second kappa shape index (κ2) is 7.10. The van der Waals surface area contributed by atoms with Crippen LogP contribution in [0, 0.1) is 0 Å². The van der Waals surface area contributed by atoms with Gasteiger partial charge >= 0.3 is 7.52 Å². The lowest BCUT2D eigenvalue weighted by molar-refractivity contribution is 0.318. The number of rotatable bonds is 4. The highest BCUT2D eigenvalue weighted by atomic mass is 32.2. The summed E-state index contributed by atoms with van der Waals surface area (Å²) in [6, 6.07) is 15.5. The minimum Gasteiger partial charge on any atom is -0.497 e. The lowest BCUT2D eigenvalue weighted by atomic mass is 10.2. The molecule has 6 heteroatoms. The summed E-state index contributed by atoms with van der Waals surface area (Å²) in [6.45, 7) is 1.29.